The summed E-state index contributed by atoms with van der Waals surface area (Å²) in [5.74, 6) is -3.55. The first-order chi connectivity index (χ1) is 24.0. The lowest BCUT2D eigenvalue weighted by molar-refractivity contribution is -0.141. The zero-order valence-electron chi connectivity index (χ0n) is 27.5. The van der Waals surface area contributed by atoms with Gasteiger partial charge in [-0.05, 0) is 56.2 Å². The van der Waals surface area contributed by atoms with E-state index in [1.807, 2.05) is 11.0 Å². The molecule has 1 aromatic heterocycles. The maximum Gasteiger partial charge on any atom is 0.433 e. The second kappa shape index (κ2) is 15.9. The highest BCUT2D eigenvalue weighted by molar-refractivity contribution is 6.15. The molecule has 3 heterocycles. The largest absolute Gasteiger partial charge is 0.433 e. The third kappa shape index (κ3) is 8.23. The monoisotopic (exact) mass is 694 g/mol. The second-order valence-corrected chi connectivity index (χ2v) is 11.5. The van der Waals surface area contributed by atoms with E-state index in [9.17, 15) is 27.6 Å². The molecule has 3 aromatic rings. The van der Waals surface area contributed by atoms with Crippen LogP contribution in [-0.4, -0.2) is 82.3 Å². The Labute approximate surface area is 289 Å². The average Bonchev–Trinajstić information content (AvgIpc) is 3.12. The van der Waals surface area contributed by atoms with Gasteiger partial charge in [0.2, 0.25) is 5.82 Å². The van der Waals surface area contributed by atoms with Gasteiger partial charge in [-0.3, -0.25) is 24.2 Å². The summed E-state index contributed by atoms with van der Waals surface area (Å²) < 4.78 is 45.7. The Kier molecular flexibility index (Phi) is 11.4. The summed E-state index contributed by atoms with van der Waals surface area (Å²) in [7, 11) is 0. The Morgan fingerprint density at radius 2 is 1.94 bits per heavy atom. The Morgan fingerprint density at radius 3 is 2.60 bits per heavy atom. The molecule has 266 valence electrons. The highest BCUT2D eigenvalue weighted by atomic mass is 19.4. The molecule has 0 unspecified atom stereocenters. The Balaban J connectivity index is 0.00000364. The number of nitrogens with two attached hydrogens (primary N) is 1. The first kappa shape index (κ1) is 35.9. The first-order valence-corrected chi connectivity index (χ1v) is 16.0. The molecule has 2 fully saturated rings. The molecule has 50 heavy (non-hydrogen) atoms. The van der Waals surface area contributed by atoms with Gasteiger partial charge in [0.25, 0.3) is 17.7 Å². The van der Waals surface area contributed by atoms with Crippen molar-refractivity contribution in [2.24, 2.45) is 10.7 Å². The highest BCUT2D eigenvalue weighted by Gasteiger charge is 2.45. The van der Waals surface area contributed by atoms with Gasteiger partial charge in [0.05, 0.1) is 12.4 Å². The summed E-state index contributed by atoms with van der Waals surface area (Å²) in [6.45, 7) is 5.89. The number of nitrogens with zero attached hydrogens (tertiary/aromatic N) is 5. The number of carbonyl (C=O) groups is 3. The Hall–Kier alpha value is -5.41. The lowest BCUT2D eigenvalue weighted by Crippen LogP contribution is -2.59. The fourth-order valence-corrected chi connectivity index (χ4v) is 5.80. The first-order valence-electron chi connectivity index (χ1n) is 16.0. The SMILES string of the molecule is C/C=C(\CN1CCCOC1)C(=O)Nc1cccc([C@@H]2/C(=C/N)C(=Nc3ccccc3)N(CC)C(=O)[C@H]2NC(=O)c2nccc(C(F)(F)F)n2)c1.[HH].[HH]. The number of carbonyl (C=O) groups excluding carboxylic acids is 3. The predicted octanol–water partition coefficient (Wildman–Crippen LogP) is 4.87. The summed E-state index contributed by atoms with van der Waals surface area (Å²) in [5.41, 5.74) is 7.21. The maximum atomic E-state index is 14.2. The molecule has 2 saturated heterocycles. The minimum absolute atomic E-state index is 0. The van der Waals surface area contributed by atoms with E-state index in [1.54, 1.807) is 68.5 Å². The van der Waals surface area contributed by atoms with Gasteiger partial charge < -0.3 is 21.1 Å². The number of aliphatic imine (C=N–C) groups is 1. The van der Waals surface area contributed by atoms with Crippen LogP contribution >= 0.6 is 0 Å². The van der Waals surface area contributed by atoms with Gasteiger partial charge >= 0.3 is 6.18 Å². The topological polar surface area (TPSA) is 155 Å². The number of alkyl halides is 3. The van der Waals surface area contributed by atoms with Gasteiger partial charge in [-0.1, -0.05) is 36.4 Å². The number of likely N-dealkylation sites (N-methyl/N-ethyl adjacent to an activating group) is 1. The maximum absolute atomic E-state index is 14.2. The van der Waals surface area contributed by atoms with Gasteiger partial charge in [0.1, 0.15) is 17.6 Å². The molecule has 2 atom stereocenters. The van der Waals surface area contributed by atoms with Crippen LogP contribution < -0.4 is 16.4 Å². The number of piperidine rings is 1. The van der Waals surface area contributed by atoms with Crippen molar-refractivity contribution < 1.29 is 35.1 Å². The number of hydrogen-bond donors (Lipinski definition) is 3. The standard InChI is InChI=1S/C35H37F3N8O4.2H2/c1-3-22(20-45-16-9-17-50-21-45)32(47)42-25-13-8-10-23(18-25)28-26(19-39)31(41-24-11-6-5-7-12-24)46(4-2)34(49)29(28)44-33(48)30-40-15-14-27(43-30)35(36,37)38;;/h3,5-8,10-15,18-19,28-29H,4,9,16-17,20-21,39H2,1-2H3,(H,42,47)(H,44,48);2*1H/b22-3+,26-19-,41-31?;;/t28-,29+;;/m1../s1. The Bertz CT molecular complexity index is 1820. The van der Waals surface area contributed by atoms with Crippen LogP contribution in [0.4, 0.5) is 24.5 Å². The molecule has 0 spiro atoms. The van der Waals surface area contributed by atoms with E-state index in [0.29, 0.717) is 54.0 Å². The van der Waals surface area contributed by atoms with Crippen LogP contribution in [0, 0.1) is 0 Å². The number of anilines is 1. The fourth-order valence-electron chi connectivity index (χ4n) is 5.80. The smallest absolute Gasteiger partial charge is 0.404 e. The van der Waals surface area contributed by atoms with Crippen LogP contribution in [0.2, 0.25) is 0 Å². The van der Waals surface area contributed by atoms with Crippen molar-refractivity contribution in [2.75, 3.05) is 38.3 Å². The zero-order valence-corrected chi connectivity index (χ0v) is 27.5. The fraction of sp³-hybridized carbons (Fsp3) is 0.314. The molecule has 2 aliphatic rings. The number of halogens is 3. The lowest BCUT2D eigenvalue weighted by Gasteiger charge is -2.40. The Morgan fingerprint density at radius 1 is 1.16 bits per heavy atom. The van der Waals surface area contributed by atoms with Gasteiger partial charge in [-0.25, -0.2) is 15.0 Å². The molecule has 2 aliphatic heterocycles. The van der Waals surface area contributed by atoms with Gasteiger partial charge in [0.15, 0.2) is 0 Å². The predicted molar refractivity (Wildman–Crippen MR) is 184 cm³/mol. The molecular weight excluding hydrogens is 653 g/mol. The molecule has 5 rings (SSSR count). The molecular formula is C35H41F3N8O4. The van der Waals surface area contributed by atoms with Crippen molar-refractivity contribution in [1.29, 1.82) is 0 Å². The lowest BCUT2D eigenvalue weighted by atomic mass is 9.80. The summed E-state index contributed by atoms with van der Waals surface area (Å²) in [5, 5.41) is 5.48. The third-order valence-corrected chi connectivity index (χ3v) is 8.21. The summed E-state index contributed by atoms with van der Waals surface area (Å²) >= 11 is 0. The molecule has 12 nitrogen and oxygen atoms in total. The molecule has 0 bridgehead atoms. The van der Waals surface area contributed by atoms with E-state index < -0.39 is 41.5 Å². The van der Waals surface area contributed by atoms with Crippen LogP contribution in [0.3, 0.4) is 0 Å². The van der Waals surface area contributed by atoms with Crippen molar-refractivity contribution in [3.05, 3.63) is 107 Å². The summed E-state index contributed by atoms with van der Waals surface area (Å²) in [6, 6.07) is 14.8. The van der Waals surface area contributed by atoms with Crippen LogP contribution in [-0.2, 0) is 20.5 Å². The minimum atomic E-state index is -4.82. The number of ether oxygens (including phenoxy) is 1. The van der Waals surface area contributed by atoms with E-state index in [1.165, 1.54) is 11.1 Å². The zero-order chi connectivity index (χ0) is 35.8. The normalized spacial score (nSPS) is 20.6. The minimum Gasteiger partial charge on any atom is -0.404 e. The van der Waals surface area contributed by atoms with Crippen LogP contribution in [0.1, 0.15) is 50.9 Å². The van der Waals surface area contributed by atoms with Crippen molar-refractivity contribution in [3.63, 3.8) is 0 Å². The highest BCUT2D eigenvalue weighted by Crippen LogP contribution is 2.37. The number of amides is 3. The van der Waals surface area contributed by atoms with Crippen molar-refractivity contribution in [1.82, 2.24) is 25.1 Å². The molecule has 0 radical (unpaired) electrons. The van der Waals surface area contributed by atoms with E-state index in [4.69, 9.17) is 15.5 Å². The van der Waals surface area contributed by atoms with Crippen LogP contribution in [0.25, 0.3) is 0 Å². The third-order valence-electron chi connectivity index (χ3n) is 8.21. The number of allylic oxidation sites excluding steroid dienone is 1. The summed E-state index contributed by atoms with van der Waals surface area (Å²) in [6.07, 6.45) is -0.123. The number of nitrogens with one attached hydrogen (secondary N) is 2. The number of benzene rings is 2. The number of likely N-dealkylation sites (tertiary alicyclic amines) is 1. The molecule has 2 aromatic carbocycles. The summed E-state index contributed by atoms with van der Waals surface area (Å²) in [4.78, 5) is 56.3. The quantitative estimate of drug-likeness (QED) is 0.268. The van der Waals surface area contributed by atoms with Crippen LogP contribution in [0.5, 0.6) is 0 Å². The molecule has 15 heteroatoms. The van der Waals surface area contributed by atoms with Crippen molar-refractivity contribution >= 4 is 34.9 Å². The number of hydrogen-bond acceptors (Lipinski definition) is 9. The number of amidine groups is 1. The molecule has 0 saturated carbocycles. The van der Waals surface area contributed by atoms with Crippen molar-refractivity contribution in [2.45, 2.75) is 38.4 Å². The average molecular weight is 695 g/mol. The number of aromatic nitrogens is 2. The van der Waals surface area contributed by atoms with E-state index >= 15 is 0 Å². The number of rotatable bonds is 9. The molecule has 0 aliphatic carbocycles. The van der Waals surface area contributed by atoms with Gasteiger partial charge in [-0.15, -0.1) is 0 Å². The number of para-hydroxylation sites is 1. The molecule has 3 amide bonds. The van der Waals surface area contributed by atoms with E-state index in [0.717, 1.165) is 19.2 Å². The van der Waals surface area contributed by atoms with Gasteiger partial charge in [0, 0.05) is 64.2 Å². The van der Waals surface area contributed by atoms with E-state index in [2.05, 4.69) is 20.6 Å². The second-order valence-electron chi connectivity index (χ2n) is 11.5. The molecule has 4 N–H and O–H groups in total. The van der Waals surface area contributed by atoms with Crippen LogP contribution in [0.15, 0.2) is 95.3 Å². The van der Waals surface area contributed by atoms with E-state index in [-0.39, 0.29) is 21.1 Å². The van der Waals surface area contributed by atoms with Gasteiger partial charge in [-0.2, -0.15) is 13.2 Å². The van der Waals surface area contributed by atoms with Crippen molar-refractivity contribution in [3.8, 4) is 0 Å².